The quantitative estimate of drug-likeness (QED) is 0.258. The van der Waals surface area contributed by atoms with E-state index in [1.54, 1.807) is 0 Å². The molecule has 0 atom stereocenters. The number of nitrogens with zero attached hydrogens (tertiary/aromatic N) is 3. The lowest BCUT2D eigenvalue weighted by Crippen LogP contribution is -2.25. The monoisotopic (exact) mass is 550 g/mol. The average Bonchev–Trinajstić information content (AvgIpc) is 3.56. The number of aromatic nitrogens is 2. The SMILES string of the molecule is CN(C)c1cccc(Nc2ncc(C3CC3)c(NCCCNC(=O)c3cccs3)n2)c1.O=C(O)C(F)(F)F. The smallest absolute Gasteiger partial charge is 0.475 e. The number of carbonyl (C=O) groups excluding carboxylic acids is 1. The number of hydrogen-bond donors (Lipinski definition) is 4. The molecule has 9 nitrogen and oxygen atoms in total. The summed E-state index contributed by atoms with van der Waals surface area (Å²) in [6, 6.07) is 11.9. The molecule has 1 saturated carbocycles. The van der Waals surface area contributed by atoms with Crippen LogP contribution in [0, 0.1) is 0 Å². The van der Waals surface area contributed by atoms with Gasteiger partial charge in [-0.25, -0.2) is 9.78 Å². The van der Waals surface area contributed by atoms with Crippen molar-refractivity contribution in [1.82, 2.24) is 15.3 Å². The number of rotatable bonds is 10. The van der Waals surface area contributed by atoms with Gasteiger partial charge < -0.3 is 26.0 Å². The minimum absolute atomic E-state index is 0.0119. The molecular formula is C25H29F3N6O3S. The van der Waals surface area contributed by atoms with Crippen LogP contribution in [0.2, 0.25) is 0 Å². The van der Waals surface area contributed by atoms with E-state index in [4.69, 9.17) is 14.9 Å². The Labute approximate surface area is 222 Å². The number of benzene rings is 1. The number of hydrogen-bond acceptors (Lipinski definition) is 8. The van der Waals surface area contributed by atoms with E-state index < -0.39 is 12.1 Å². The van der Waals surface area contributed by atoms with E-state index in [2.05, 4.69) is 38.0 Å². The summed E-state index contributed by atoms with van der Waals surface area (Å²) < 4.78 is 31.7. The Hall–Kier alpha value is -3.87. The van der Waals surface area contributed by atoms with Crippen LogP contribution in [0.5, 0.6) is 0 Å². The summed E-state index contributed by atoms with van der Waals surface area (Å²) in [7, 11) is 4.04. The van der Waals surface area contributed by atoms with Crippen LogP contribution in [0.15, 0.2) is 48.0 Å². The van der Waals surface area contributed by atoms with Gasteiger partial charge in [0.15, 0.2) is 0 Å². The zero-order valence-electron chi connectivity index (χ0n) is 20.9. The topological polar surface area (TPSA) is 119 Å². The minimum atomic E-state index is -5.08. The molecule has 2 heterocycles. The van der Waals surface area contributed by atoms with E-state index in [1.807, 2.05) is 49.9 Å². The summed E-state index contributed by atoms with van der Waals surface area (Å²) in [5, 5.41) is 18.8. The molecule has 1 aromatic carbocycles. The van der Waals surface area contributed by atoms with Gasteiger partial charge in [0.05, 0.1) is 4.88 Å². The largest absolute Gasteiger partial charge is 0.490 e. The first-order valence-electron chi connectivity index (χ1n) is 11.8. The zero-order valence-corrected chi connectivity index (χ0v) is 21.7. The molecule has 1 fully saturated rings. The van der Waals surface area contributed by atoms with Crippen LogP contribution in [0.1, 0.15) is 40.4 Å². The molecule has 4 rings (SSSR count). The maximum atomic E-state index is 12.0. The molecule has 0 bridgehead atoms. The predicted molar refractivity (Wildman–Crippen MR) is 142 cm³/mol. The van der Waals surface area contributed by atoms with Crippen LogP contribution in [0.3, 0.4) is 0 Å². The van der Waals surface area contributed by atoms with E-state index in [0.717, 1.165) is 35.0 Å². The van der Waals surface area contributed by atoms with Gasteiger partial charge in [-0.3, -0.25) is 4.79 Å². The zero-order chi connectivity index (χ0) is 27.7. The summed E-state index contributed by atoms with van der Waals surface area (Å²) >= 11 is 1.45. The van der Waals surface area contributed by atoms with Crippen molar-refractivity contribution >= 4 is 46.4 Å². The van der Waals surface area contributed by atoms with Crippen LogP contribution in [0.25, 0.3) is 0 Å². The average molecular weight is 551 g/mol. The molecule has 0 unspecified atom stereocenters. The van der Waals surface area contributed by atoms with E-state index in [1.165, 1.54) is 29.7 Å². The molecule has 204 valence electrons. The molecule has 1 amide bonds. The Morgan fingerprint density at radius 3 is 2.50 bits per heavy atom. The van der Waals surface area contributed by atoms with Crippen LogP contribution in [-0.4, -0.2) is 60.3 Å². The van der Waals surface area contributed by atoms with Crippen molar-refractivity contribution in [2.24, 2.45) is 0 Å². The highest BCUT2D eigenvalue weighted by atomic mass is 32.1. The molecule has 2 aromatic heterocycles. The maximum Gasteiger partial charge on any atom is 0.490 e. The molecule has 38 heavy (non-hydrogen) atoms. The first kappa shape index (κ1) is 28.7. The fraction of sp³-hybridized carbons (Fsp3) is 0.360. The number of carboxylic acids is 1. The van der Waals surface area contributed by atoms with Gasteiger partial charge in [-0.15, -0.1) is 11.3 Å². The number of anilines is 4. The normalized spacial score (nSPS) is 12.7. The van der Waals surface area contributed by atoms with Crippen molar-refractivity contribution in [3.63, 3.8) is 0 Å². The van der Waals surface area contributed by atoms with Gasteiger partial charge in [0.1, 0.15) is 5.82 Å². The molecule has 0 aliphatic heterocycles. The Bertz CT molecular complexity index is 1220. The van der Waals surface area contributed by atoms with Gasteiger partial charge in [-0.2, -0.15) is 18.2 Å². The summed E-state index contributed by atoms with van der Waals surface area (Å²) in [6.07, 6.45) is 0.0434. The van der Waals surface area contributed by atoms with E-state index >= 15 is 0 Å². The third-order valence-corrected chi connectivity index (χ3v) is 6.24. The van der Waals surface area contributed by atoms with Gasteiger partial charge in [0, 0.05) is 50.3 Å². The van der Waals surface area contributed by atoms with Crippen molar-refractivity contribution in [2.75, 3.05) is 42.7 Å². The number of carbonyl (C=O) groups is 2. The van der Waals surface area contributed by atoms with Crippen molar-refractivity contribution in [1.29, 1.82) is 0 Å². The summed E-state index contributed by atoms with van der Waals surface area (Å²) in [5.41, 5.74) is 3.24. The van der Waals surface area contributed by atoms with Crippen molar-refractivity contribution in [2.45, 2.75) is 31.4 Å². The summed E-state index contributed by atoms with van der Waals surface area (Å²) in [6.45, 7) is 1.35. The van der Waals surface area contributed by atoms with Crippen LogP contribution >= 0.6 is 11.3 Å². The fourth-order valence-corrected chi connectivity index (χ4v) is 3.91. The van der Waals surface area contributed by atoms with Crippen LogP contribution < -0.4 is 20.9 Å². The number of nitrogens with one attached hydrogen (secondary N) is 3. The molecule has 13 heteroatoms. The van der Waals surface area contributed by atoms with Gasteiger partial charge in [0.2, 0.25) is 5.95 Å². The van der Waals surface area contributed by atoms with Crippen molar-refractivity contribution in [3.8, 4) is 0 Å². The molecule has 1 aliphatic carbocycles. The standard InChI is InChI=1S/C23H28N6OS.C2HF3O2/c1-29(2)18-7-3-6-17(14-18)27-23-26-15-19(16-9-10-16)21(28-23)24-11-5-12-25-22(30)20-8-4-13-31-20;3-2(4,5)1(6)7/h3-4,6-8,13-16H,5,9-12H2,1-2H3,(H,25,30)(H2,24,26,27,28);(H,6,7). The van der Waals surface area contributed by atoms with Gasteiger partial charge in [0.25, 0.3) is 5.91 Å². The number of carboxylic acid groups (broad SMARTS) is 1. The molecule has 0 radical (unpaired) electrons. The Morgan fingerprint density at radius 1 is 1.16 bits per heavy atom. The number of alkyl halides is 3. The Balaban J connectivity index is 0.000000505. The Kier molecular flexibility index (Phi) is 9.88. The van der Waals surface area contributed by atoms with Crippen LogP contribution in [-0.2, 0) is 4.79 Å². The van der Waals surface area contributed by atoms with E-state index in [-0.39, 0.29) is 5.91 Å². The first-order valence-corrected chi connectivity index (χ1v) is 12.7. The van der Waals surface area contributed by atoms with Gasteiger partial charge >= 0.3 is 12.1 Å². The highest BCUT2D eigenvalue weighted by Gasteiger charge is 2.38. The predicted octanol–water partition coefficient (Wildman–Crippen LogP) is 5.09. The third kappa shape index (κ3) is 8.91. The second-order valence-electron chi connectivity index (χ2n) is 8.66. The first-order chi connectivity index (χ1) is 18.0. The number of thiophene rings is 1. The lowest BCUT2D eigenvalue weighted by atomic mass is 10.2. The van der Waals surface area contributed by atoms with Crippen LogP contribution in [0.4, 0.5) is 36.3 Å². The van der Waals surface area contributed by atoms with E-state index in [9.17, 15) is 18.0 Å². The molecule has 3 aromatic rings. The van der Waals surface area contributed by atoms with Crippen molar-refractivity contribution in [3.05, 3.63) is 58.4 Å². The highest BCUT2D eigenvalue weighted by Crippen LogP contribution is 2.42. The second kappa shape index (κ2) is 13.1. The molecule has 1 aliphatic rings. The molecular weight excluding hydrogens is 521 g/mol. The third-order valence-electron chi connectivity index (χ3n) is 5.37. The summed E-state index contributed by atoms with van der Waals surface area (Å²) in [4.78, 5) is 33.0. The highest BCUT2D eigenvalue weighted by molar-refractivity contribution is 7.12. The Morgan fingerprint density at radius 2 is 1.89 bits per heavy atom. The van der Waals surface area contributed by atoms with Gasteiger partial charge in [-0.05, 0) is 54.8 Å². The molecule has 0 spiro atoms. The van der Waals surface area contributed by atoms with Gasteiger partial charge in [-0.1, -0.05) is 12.1 Å². The number of aliphatic carboxylic acids is 1. The summed E-state index contributed by atoms with van der Waals surface area (Å²) in [5.74, 6) is -0.760. The maximum absolute atomic E-state index is 12.0. The fourth-order valence-electron chi connectivity index (χ4n) is 3.27. The lowest BCUT2D eigenvalue weighted by Gasteiger charge is -2.15. The molecule has 4 N–H and O–H groups in total. The lowest BCUT2D eigenvalue weighted by molar-refractivity contribution is -0.192. The number of halogens is 3. The van der Waals surface area contributed by atoms with Crippen molar-refractivity contribution < 1.29 is 27.9 Å². The molecule has 0 saturated heterocycles. The second-order valence-corrected chi connectivity index (χ2v) is 9.61. The minimum Gasteiger partial charge on any atom is -0.475 e. The van der Waals surface area contributed by atoms with E-state index in [0.29, 0.717) is 18.4 Å². The number of amides is 1.